The lowest BCUT2D eigenvalue weighted by molar-refractivity contribution is 0.250. The monoisotopic (exact) mass is 364 g/mol. The number of ether oxygens (including phenoxy) is 1. The van der Waals surface area contributed by atoms with Gasteiger partial charge in [0.05, 0.1) is 5.75 Å². The van der Waals surface area contributed by atoms with Crippen molar-refractivity contribution >= 4 is 20.8 Å². The van der Waals surface area contributed by atoms with Crippen molar-refractivity contribution in [2.45, 2.75) is 32.6 Å². The SMILES string of the molecule is CCS(=O)(=O)c1nnc(COc2cc(C)c3c(C)cc(=O)oc3c2)o1. The minimum atomic E-state index is -3.55. The molecule has 0 spiro atoms. The van der Waals surface area contributed by atoms with Gasteiger partial charge >= 0.3 is 10.8 Å². The van der Waals surface area contributed by atoms with E-state index in [9.17, 15) is 13.2 Å². The summed E-state index contributed by atoms with van der Waals surface area (Å²) in [7, 11) is -3.55. The number of sulfone groups is 1. The molecule has 9 heteroatoms. The zero-order valence-corrected chi connectivity index (χ0v) is 14.7. The highest BCUT2D eigenvalue weighted by Gasteiger charge is 2.20. The van der Waals surface area contributed by atoms with E-state index in [-0.39, 0.29) is 18.3 Å². The highest BCUT2D eigenvalue weighted by atomic mass is 32.2. The van der Waals surface area contributed by atoms with Crippen LogP contribution >= 0.6 is 0 Å². The van der Waals surface area contributed by atoms with E-state index >= 15 is 0 Å². The summed E-state index contributed by atoms with van der Waals surface area (Å²) in [4.78, 5) is 11.5. The summed E-state index contributed by atoms with van der Waals surface area (Å²) in [6.07, 6.45) is 0. The Labute approximate surface area is 143 Å². The smallest absolute Gasteiger partial charge is 0.336 e. The van der Waals surface area contributed by atoms with Crippen molar-refractivity contribution in [3.63, 3.8) is 0 Å². The molecule has 0 amide bonds. The van der Waals surface area contributed by atoms with Gasteiger partial charge in [-0.3, -0.25) is 0 Å². The fourth-order valence-corrected chi connectivity index (χ4v) is 3.10. The normalized spacial score (nSPS) is 11.8. The van der Waals surface area contributed by atoms with E-state index in [0.717, 1.165) is 16.5 Å². The van der Waals surface area contributed by atoms with Gasteiger partial charge in [0, 0.05) is 17.5 Å². The topological polar surface area (TPSA) is 112 Å². The number of aryl methyl sites for hydroxylation is 2. The van der Waals surface area contributed by atoms with Crippen LogP contribution < -0.4 is 10.4 Å². The number of hydrogen-bond acceptors (Lipinski definition) is 8. The molecule has 1 aromatic carbocycles. The average Bonchev–Trinajstić information content (AvgIpc) is 3.01. The Balaban J connectivity index is 1.86. The van der Waals surface area contributed by atoms with E-state index in [1.54, 1.807) is 12.1 Å². The van der Waals surface area contributed by atoms with E-state index in [2.05, 4.69) is 10.2 Å². The molecule has 0 atom stereocenters. The molecule has 0 saturated carbocycles. The van der Waals surface area contributed by atoms with Gasteiger partial charge in [0.25, 0.3) is 5.89 Å². The predicted molar refractivity (Wildman–Crippen MR) is 88.3 cm³/mol. The summed E-state index contributed by atoms with van der Waals surface area (Å²) in [6, 6.07) is 4.82. The predicted octanol–water partition coefficient (Wildman–Crippen LogP) is 2.17. The van der Waals surface area contributed by atoms with Crippen molar-refractivity contribution < 1.29 is 22.0 Å². The second-order valence-electron chi connectivity index (χ2n) is 5.52. The van der Waals surface area contributed by atoms with E-state index < -0.39 is 20.7 Å². The fourth-order valence-electron chi connectivity index (χ4n) is 2.47. The lowest BCUT2D eigenvalue weighted by Crippen LogP contribution is -2.03. The van der Waals surface area contributed by atoms with E-state index in [0.29, 0.717) is 11.3 Å². The minimum Gasteiger partial charge on any atom is -0.484 e. The van der Waals surface area contributed by atoms with Crippen LogP contribution in [-0.2, 0) is 16.4 Å². The molecule has 0 aliphatic rings. The molecule has 0 saturated heterocycles. The van der Waals surface area contributed by atoms with Gasteiger partial charge in [-0.15, -0.1) is 5.10 Å². The van der Waals surface area contributed by atoms with E-state index in [1.807, 2.05) is 13.8 Å². The van der Waals surface area contributed by atoms with Gasteiger partial charge in [0.2, 0.25) is 9.84 Å². The second-order valence-corrected chi connectivity index (χ2v) is 7.67. The Morgan fingerprint density at radius 2 is 1.80 bits per heavy atom. The van der Waals surface area contributed by atoms with Gasteiger partial charge < -0.3 is 13.6 Å². The van der Waals surface area contributed by atoms with E-state index in [1.165, 1.54) is 13.0 Å². The van der Waals surface area contributed by atoms with Crippen LogP contribution in [0.1, 0.15) is 23.9 Å². The fraction of sp³-hybridized carbons (Fsp3) is 0.312. The molecule has 3 aromatic rings. The number of rotatable bonds is 5. The second kappa shape index (κ2) is 6.32. The van der Waals surface area contributed by atoms with Crippen LogP contribution in [0.2, 0.25) is 0 Å². The molecule has 0 unspecified atom stereocenters. The Kier molecular flexibility index (Phi) is 4.34. The third-order valence-corrected chi connectivity index (χ3v) is 5.13. The van der Waals surface area contributed by atoms with Gasteiger partial charge in [0.15, 0.2) is 6.61 Å². The van der Waals surface area contributed by atoms with Gasteiger partial charge in [-0.1, -0.05) is 12.0 Å². The molecule has 0 bridgehead atoms. The third-order valence-electron chi connectivity index (χ3n) is 3.67. The number of hydrogen-bond donors (Lipinski definition) is 0. The number of aromatic nitrogens is 2. The summed E-state index contributed by atoms with van der Waals surface area (Å²) >= 11 is 0. The average molecular weight is 364 g/mol. The summed E-state index contributed by atoms with van der Waals surface area (Å²) < 4.78 is 39.2. The summed E-state index contributed by atoms with van der Waals surface area (Å²) in [5, 5.41) is 7.60. The van der Waals surface area contributed by atoms with Crippen LogP contribution in [0.25, 0.3) is 11.0 Å². The van der Waals surface area contributed by atoms with Gasteiger partial charge in [-0.05, 0) is 31.0 Å². The van der Waals surface area contributed by atoms with Crippen molar-refractivity contribution in [2.75, 3.05) is 5.75 Å². The lowest BCUT2D eigenvalue weighted by Gasteiger charge is -2.08. The molecule has 2 heterocycles. The molecular formula is C16H16N2O6S. The molecule has 3 rings (SSSR count). The number of benzene rings is 1. The van der Waals surface area contributed by atoms with Crippen LogP contribution in [-0.4, -0.2) is 24.4 Å². The van der Waals surface area contributed by atoms with Crippen LogP contribution in [0, 0.1) is 13.8 Å². The molecule has 0 radical (unpaired) electrons. The molecule has 2 aromatic heterocycles. The zero-order valence-electron chi connectivity index (χ0n) is 13.9. The Hall–Kier alpha value is -2.68. The molecule has 0 aliphatic carbocycles. The quantitative estimate of drug-likeness (QED) is 0.633. The molecule has 132 valence electrons. The summed E-state index contributed by atoms with van der Waals surface area (Å²) in [5.74, 6) is 0.352. The van der Waals surface area contributed by atoms with Crippen molar-refractivity contribution in [1.82, 2.24) is 10.2 Å². The maximum atomic E-state index is 11.7. The first-order valence-corrected chi connectivity index (χ1v) is 9.18. The highest BCUT2D eigenvalue weighted by molar-refractivity contribution is 7.91. The van der Waals surface area contributed by atoms with Crippen LogP contribution in [0.15, 0.2) is 37.1 Å². The summed E-state index contributed by atoms with van der Waals surface area (Å²) in [6.45, 7) is 5.10. The maximum absolute atomic E-state index is 11.7. The molecule has 0 aliphatic heterocycles. The van der Waals surface area contributed by atoms with Gasteiger partial charge in [-0.25, -0.2) is 13.2 Å². The van der Waals surface area contributed by atoms with Crippen molar-refractivity contribution in [3.05, 3.63) is 45.6 Å². The standard InChI is InChI=1S/C16H16N2O6S/c1-4-25(20,21)16-18-17-13(24-16)8-22-11-5-9(2)15-10(3)6-14(19)23-12(15)7-11/h5-7H,4,8H2,1-3H3. The molecular weight excluding hydrogens is 348 g/mol. The van der Waals surface area contributed by atoms with Crippen molar-refractivity contribution in [1.29, 1.82) is 0 Å². The number of nitrogens with zero attached hydrogens (tertiary/aromatic N) is 2. The summed E-state index contributed by atoms with van der Waals surface area (Å²) in [5.41, 5.74) is 1.68. The van der Waals surface area contributed by atoms with Gasteiger partial charge in [-0.2, -0.15) is 0 Å². The van der Waals surface area contributed by atoms with Crippen molar-refractivity contribution in [3.8, 4) is 5.75 Å². The first-order chi connectivity index (χ1) is 11.8. The largest absolute Gasteiger partial charge is 0.484 e. The minimum absolute atomic E-state index is 0.0375. The highest BCUT2D eigenvalue weighted by Crippen LogP contribution is 2.27. The Morgan fingerprint density at radius 3 is 2.52 bits per heavy atom. The van der Waals surface area contributed by atoms with Crippen LogP contribution in [0.4, 0.5) is 0 Å². The van der Waals surface area contributed by atoms with Crippen LogP contribution in [0.5, 0.6) is 5.75 Å². The molecule has 0 N–H and O–H groups in total. The Morgan fingerprint density at radius 1 is 1.08 bits per heavy atom. The molecule has 0 fully saturated rings. The maximum Gasteiger partial charge on any atom is 0.336 e. The Bertz CT molecular complexity index is 1100. The lowest BCUT2D eigenvalue weighted by atomic mass is 10.1. The number of fused-ring (bicyclic) bond motifs is 1. The zero-order chi connectivity index (χ0) is 18.2. The van der Waals surface area contributed by atoms with Crippen LogP contribution in [0.3, 0.4) is 0 Å². The molecule has 8 nitrogen and oxygen atoms in total. The first-order valence-electron chi connectivity index (χ1n) is 7.53. The van der Waals surface area contributed by atoms with Gasteiger partial charge in [0.1, 0.15) is 11.3 Å². The molecule has 25 heavy (non-hydrogen) atoms. The van der Waals surface area contributed by atoms with E-state index in [4.69, 9.17) is 13.6 Å². The third kappa shape index (κ3) is 3.41. The first kappa shape index (κ1) is 17.2. The van der Waals surface area contributed by atoms with Crippen molar-refractivity contribution in [2.24, 2.45) is 0 Å².